The van der Waals surface area contributed by atoms with Gasteiger partial charge in [-0.05, 0) is 40.8 Å². The minimum absolute atomic E-state index is 0.119. The number of hydrogen-bond donors (Lipinski definition) is 2. The Labute approximate surface area is 126 Å². The Bertz CT molecular complexity index is 637. The number of rotatable bonds is 6. The second-order valence-corrected chi connectivity index (χ2v) is 6.21. The average molecular weight is 304 g/mol. The van der Waals surface area contributed by atoms with Gasteiger partial charge in [0.2, 0.25) is 5.16 Å². The number of oxime groups is 1. The topological polar surface area (TPSA) is 102 Å². The summed E-state index contributed by atoms with van der Waals surface area (Å²) in [6.07, 6.45) is 2.79. The Morgan fingerprint density at radius 3 is 2.81 bits per heavy atom. The van der Waals surface area contributed by atoms with E-state index in [0.29, 0.717) is 6.42 Å². The molecule has 0 bridgehead atoms. The molecule has 1 aromatic carbocycles. The Morgan fingerprint density at radius 1 is 1.38 bits per heavy atom. The Kier molecular flexibility index (Phi) is 3.78. The van der Waals surface area contributed by atoms with E-state index in [-0.39, 0.29) is 11.3 Å². The number of nitrogens with zero attached hydrogens (tertiary/aromatic N) is 5. The van der Waals surface area contributed by atoms with Gasteiger partial charge in [-0.25, -0.2) is 0 Å². The maximum absolute atomic E-state index is 8.69. The smallest absolute Gasteiger partial charge is 0.214 e. The van der Waals surface area contributed by atoms with Crippen molar-refractivity contribution in [2.24, 2.45) is 16.3 Å². The van der Waals surface area contributed by atoms with E-state index in [9.17, 15) is 0 Å². The molecule has 0 amide bonds. The molecule has 7 nitrogen and oxygen atoms in total. The van der Waals surface area contributed by atoms with Crippen LogP contribution in [0.1, 0.15) is 19.3 Å². The summed E-state index contributed by atoms with van der Waals surface area (Å²) in [5, 5.41) is 24.4. The van der Waals surface area contributed by atoms with E-state index in [0.717, 1.165) is 29.4 Å². The van der Waals surface area contributed by atoms with E-state index in [1.807, 2.05) is 30.3 Å². The second-order valence-electron chi connectivity index (χ2n) is 5.27. The van der Waals surface area contributed by atoms with Crippen LogP contribution in [-0.4, -0.2) is 37.0 Å². The lowest BCUT2D eigenvalue weighted by atomic mass is 10.1. The summed E-state index contributed by atoms with van der Waals surface area (Å²) in [5.74, 6) is 1.15. The Balaban J connectivity index is 1.69. The summed E-state index contributed by atoms with van der Waals surface area (Å²) < 4.78 is 1.73. The van der Waals surface area contributed by atoms with Crippen LogP contribution in [0.2, 0.25) is 0 Å². The molecule has 0 aliphatic heterocycles. The van der Waals surface area contributed by atoms with E-state index in [1.54, 1.807) is 16.4 Å². The third kappa shape index (κ3) is 3.15. The quantitative estimate of drug-likeness (QED) is 0.277. The van der Waals surface area contributed by atoms with Crippen molar-refractivity contribution in [2.75, 3.05) is 5.75 Å². The van der Waals surface area contributed by atoms with Gasteiger partial charge in [-0.3, -0.25) is 0 Å². The summed E-state index contributed by atoms with van der Waals surface area (Å²) in [5.41, 5.74) is 6.67. The first-order chi connectivity index (χ1) is 10.2. The summed E-state index contributed by atoms with van der Waals surface area (Å²) >= 11 is 1.61. The van der Waals surface area contributed by atoms with Crippen molar-refractivity contribution in [3.8, 4) is 5.69 Å². The van der Waals surface area contributed by atoms with Crippen LogP contribution in [0.3, 0.4) is 0 Å². The first-order valence-corrected chi connectivity index (χ1v) is 7.64. The number of thioether (sulfide) groups is 1. The molecular formula is C13H16N6OS. The first kappa shape index (κ1) is 13.9. The van der Waals surface area contributed by atoms with Crippen molar-refractivity contribution in [3.05, 3.63) is 30.3 Å². The first-order valence-electron chi connectivity index (χ1n) is 6.65. The average Bonchev–Trinajstić information content (AvgIpc) is 3.12. The highest BCUT2D eigenvalue weighted by molar-refractivity contribution is 7.99. The van der Waals surface area contributed by atoms with Crippen molar-refractivity contribution in [3.63, 3.8) is 0 Å². The van der Waals surface area contributed by atoms with Gasteiger partial charge in [0.05, 0.1) is 5.69 Å². The predicted molar refractivity (Wildman–Crippen MR) is 79.6 cm³/mol. The van der Waals surface area contributed by atoms with E-state index >= 15 is 0 Å². The fourth-order valence-electron chi connectivity index (χ4n) is 2.19. The molecule has 0 atom stereocenters. The lowest BCUT2D eigenvalue weighted by Crippen LogP contribution is -2.19. The van der Waals surface area contributed by atoms with Crippen molar-refractivity contribution in [2.45, 2.75) is 24.4 Å². The lowest BCUT2D eigenvalue weighted by Gasteiger charge is -2.12. The van der Waals surface area contributed by atoms with E-state index in [4.69, 9.17) is 10.9 Å². The lowest BCUT2D eigenvalue weighted by molar-refractivity contribution is 0.315. The molecule has 0 unspecified atom stereocenters. The third-order valence-corrected chi connectivity index (χ3v) is 4.86. The van der Waals surface area contributed by atoms with E-state index in [1.165, 1.54) is 0 Å². The highest BCUT2D eigenvalue weighted by Crippen LogP contribution is 2.51. The number of benzene rings is 1. The molecule has 1 heterocycles. The van der Waals surface area contributed by atoms with Crippen molar-refractivity contribution >= 4 is 17.6 Å². The molecule has 1 aliphatic rings. The van der Waals surface area contributed by atoms with Gasteiger partial charge in [-0.15, -0.1) is 5.10 Å². The molecule has 1 saturated carbocycles. The van der Waals surface area contributed by atoms with Crippen molar-refractivity contribution in [1.82, 2.24) is 20.2 Å². The molecule has 1 fully saturated rings. The van der Waals surface area contributed by atoms with Crippen LogP contribution in [0.4, 0.5) is 0 Å². The van der Waals surface area contributed by atoms with Crippen LogP contribution in [0.5, 0.6) is 0 Å². The zero-order valence-corrected chi connectivity index (χ0v) is 12.2. The summed E-state index contributed by atoms with van der Waals surface area (Å²) in [6.45, 7) is 0. The highest BCUT2D eigenvalue weighted by Gasteiger charge is 2.43. The minimum Gasteiger partial charge on any atom is -0.409 e. The summed E-state index contributed by atoms with van der Waals surface area (Å²) in [6, 6.07) is 9.78. The van der Waals surface area contributed by atoms with Crippen LogP contribution in [0.15, 0.2) is 40.6 Å². The second kappa shape index (κ2) is 5.72. The molecule has 3 N–H and O–H groups in total. The van der Waals surface area contributed by atoms with Crippen LogP contribution >= 0.6 is 11.8 Å². The molecule has 2 aromatic rings. The van der Waals surface area contributed by atoms with E-state index in [2.05, 4.69) is 20.7 Å². The number of tetrazole rings is 1. The molecular weight excluding hydrogens is 288 g/mol. The van der Waals surface area contributed by atoms with Gasteiger partial charge in [0.1, 0.15) is 5.84 Å². The molecule has 1 aliphatic carbocycles. The molecule has 0 saturated heterocycles. The molecule has 0 spiro atoms. The Morgan fingerprint density at radius 2 is 2.14 bits per heavy atom. The summed E-state index contributed by atoms with van der Waals surface area (Å²) in [4.78, 5) is 0. The van der Waals surface area contributed by atoms with Gasteiger partial charge < -0.3 is 10.9 Å². The van der Waals surface area contributed by atoms with Gasteiger partial charge in [-0.2, -0.15) is 4.68 Å². The maximum Gasteiger partial charge on any atom is 0.214 e. The number of amidine groups is 1. The van der Waals surface area contributed by atoms with Gasteiger partial charge >= 0.3 is 0 Å². The largest absolute Gasteiger partial charge is 0.409 e. The molecule has 21 heavy (non-hydrogen) atoms. The molecule has 1 aromatic heterocycles. The molecule has 8 heteroatoms. The van der Waals surface area contributed by atoms with Crippen LogP contribution < -0.4 is 5.73 Å². The minimum atomic E-state index is 0.119. The predicted octanol–water partition coefficient (Wildman–Crippen LogP) is 1.67. The zero-order valence-electron chi connectivity index (χ0n) is 11.4. The monoisotopic (exact) mass is 304 g/mol. The van der Waals surface area contributed by atoms with Crippen LogP contribution in [-0.2, 0) is 0 Å². The maximum atomic E-state index is 8.69. The fourth-order valence-corrected chi connectivity index (χ4v) is 3.37. The molecule has 3 rings (SSSR count). The van der Waals surface area contributed by atoms with Crippen molar-refractivity contribution < 1.29 is 5.21 Å². The van der Waals surface area contributed by atoms with Gasteiger partial charge in [0, 0.05) is 12.2 Å². The van der Waals surface area contributed by atoms with Gasteiger partial charge in [-0.1, -0.05) is 35.1 Å². The zero-order chi connectivity index (χ0) is 14.7. The summed E-state index contributed by atoms with van der Waals surface area (Å²) in [7, 11) is 0. The third-order valence-electron chi connectivity index (χ3n) is 3.59. The van der Waals surface area contributed by atoms with Crippen molar-refractivity contribution in [1.29, 1.82) is 0 Å². The molecule has 0 radical (unpaired) electrons. The molecule has 110 valence electrons. The van der Waals surface area contributed by atoms with Crippen LogP contribution in [0, 0.1) is 5.41 Å². The standard InChI is InChI=1S/C13H16N6OS/c14-11(16-20)8-13(6-7-13)9-21-12-15-17-18-19(12)10-4-2-1-3-5-10/h1-5,20H,6-9H2,(H2,14,16). The fraction of sp³-hybridized carbons (Fsp3) is 0.385. The van der Waals surface area contributed by atoms with Gasteiger partial charge in [0.25, 0.3) is 0 Å². The number of aromatic nitrogens is 4. The Hall–Kier alpha value is -2.09. The number of para-hydroxylation sites is 1. The highest BCUT2D eigenvalue weighted by atomic mass is 32.2. The van der Waals surface area contributed by atoms with Crippen LogP contribution in [0.25, 0.3) is 5.69 Å². The normalized spacial score (nSPS) is 16.9. The van der Waals surface area contributed by atoms with Gasteiger partial charge in [0.15, 0.2) is 0 Å². The van der Waals surface area contributed by atoms with E-state index < -0.39 is 0 Å². The SMILES string of the molecule is NC(CC1(CSc2nnnn2-c2ccccc2)CC1)=NO. The number of nitrogens with two attached hydrogens (primary N) is 1. The number of hydrogen-bond acceptors (Lipinski definition) is 6.